The van der Waals surface area contributed by atoms with E-state index in [0.717, 1.165) is 11.8 Å². The van der Waals surface area contributed by atoms with Crippen LogP contribution in [0.2, 0.25) is 0 Å². The van der Waals surface area contributed by atoms with Crippen molar-refractivity contribution in [2.45, 2.75) is 6.61 Å². The zero-order chi connectivity index (χ0) is 14.5. The third-order valence-corrected chi connectivity index (χ3v) is 2.37. The van der Waals surface area contributed by atoms with Gasteiger partial charge in [0, 0.05) is 7.11 Å². The number of nitrogen functional groups attached to an aromatic ring is 1. The van der Waals surface area contributed by atoms with Crippen LogP contribution in [0.15, 0.2) is 30.5 Å². The summed E-state index contributed by atoms with van der Waals surface area (Å²) >= 11 is 0. The molecule has 0 amide bonds. The number of ether oxygens (including phenoxy) is 2. The van der Waals surface area contributed by atoms with Crippen molar-refractivity contribution < 1.29 is 14.4 Å². The molecule has 0 radical (unpaired) electrons. The fourth-order valence-electron chi connectivity index (χ4n) is 1.55. The number of nitrogens with two attached hydrogens (primary N) is 1. The number of rotatable bonds is 5. The summed E-state index contributed by atoms with van der Waals surface area (Å²) in [4.78, 5) is 17.6. The van der Waals surface area contributed by atoms with E-state index in [2.05, 4.69) is 9.97 Å². The monoisotopic (exact) mass is 276 g/mol. The minimum atomic E-state index is -0.631. The van der Waals surface area contributed by atoms with Gasteiger partial charge in [0.1, 0.15) is 11.9 Å². The van der Waals surface area contributed by atoms with Crippen LogP contribution in [-0.4, -0.2) is 22.0 Å². The van der Waals surface area contributed by atoms with E-state index in [0.29, 0.717) is 12.4 Å². The molecule has 2 rings (SSSR count). The predicted molar refractivity (Wildman–Crippen MR) is 70.3 cm³/mol. The van der Waals surface area contributed by atoms with Gasteiger partial charge in [-0.1, -0.05) is 12.1 Å². The number of nitrogens with zero attached hydrogens (tertiary/aromatic N) is 3. The molecule has 0 spiro atoms. The van der Waals surface area contributed by atoms with E-state index in [1.807, 2.05) is 6.07 Å². The van der Waals surface area contributed by atoms with Gasteiger partial charge in [-0.05, 0) is 17.7 Å². The lowest BCUT2D eigenvalue weighted by atomic mass is 10.2. The van der Waals surface area contributed by atoms with Crippen molar-refractivity contribution in [3.63, 3.8) is 0 Å². The molecule has 0 aliphatic rings. The van der Waals surface area contributed by atoms with Crippen LogP contribution in [0, 0.1) is 10.1 Å². The van der Waals surface area contributed by atoms with Gasteiger partial charge < -0.3 is 15.2 Å². The summed E-state index contributed by atoms with van der Waals surface area (Å²) in [6.45, 7) is 0.408. The lowest BCUT2D eigenvalue weighted by Gasteiger charge is -2.07. The van der Waals surface area contributed by atoms with Crippen LogP contribution < -0.4 is 10.5 Å². The Labute approximate surface area is 114 Å². The van der Waals surface area contributed by atoms with Crippen molar-refractivity contribution in [2.75, 3.05) is 12.8 Å². The molecule has 0 bridgehead atoms. The van der Waals surface area contributed by atoms with E-state index in [1.165, 1.54) is 0 Å². The summed E-state index contributed by atoms with van der Waals surface area (Å²) in [5.74, 6) is 0.108. The van der Waals surface area contributed by atoms with Gasteiger partial charge in [-0.3, -0.25) is 10.1 Å². The van der Waals surface area contributed by atoms with Gasteiger partial charge in [0.05, 0.1) is 11.5 Å². The highest BCUT2D eigenvalue weighted by Crippen LogP contribution is 2.29. The van der Waals surface area contributed by atoms with Crippen molar-refractivity contribution in [1.29, 1.82) is 0 Å². The first-order chi connectivity index (χ1) is 9.60. The molecule has 20 heavy (non-hydrogen) atoms. The maximum atomic E-state index is 10.9. The molecule has 0 saturated heterocycles. The second-order valence-corrected chi connectivity index (χ2v) is 3.86. The Balaban J connectivity index is 2.31. The molecule has 8 nitrogen and oxygen atoms in total. The fourth-order valence-corrected chi connectivity index (χ4v) is 1.55. The Morgan fingerprint density at radius 2 is 2.25 bits per heavy atom. The molecule has 8 heteroatoms. The van der Waals surface area contributed by atoms with Gasteiger partial charge >= 0.3 is 11.6 Å². The second kappa shape index (κ2) is 5.93. The number of benzene rings is 1. The minimum absolute atomic E-state index is 0.0985. The Hall–Kier alpha value is -2.74. The Bertz CT molecular complexity index is 633. The van der Waals surface area contributed by atoms with Crippen molar-refractivity contribution in [3.8, 4) is 11.6 Å². The van der Waals surface area contributed by atoms with Gasteiger partial charge in [-0.15, -0.1) is 0 Å². The molecule has 1 aromatic carbocycles. The second-order valence-electron chi connectivity index (χ2n) is 3.86. The first-order valence-electron chi connectivity index (χ1n) is 5.63. The maximum absolute atomic E-state index is 10.9. The van der Waals surface area contributed by atoms with Gasteiger partial charge in [-0.2, -0.15) is 4.98 Å². The van der Waals surface area contributed by atoms with Crippen molar-refractivity contribution in [1.82, 2.24) is 9.97 Å². The van der Waals surface area contributed by atoms with Crippen LogP contribution >= 0.6 is 0 Å². The summed E-state index contributed by atoms with van der Waals surface area (Å²) < 4.78 is 10.4. The largest absolute Gasteiger partial charge is 0.434 e. The highest BCUT2D eigenvalue weighted by Gasteiger charge is 2.19. The number of methoxy groups -OCH3 is 1. The quantitative estimate of drug-likeness (QED) is 0.655. The van der Waals surface area contributed by atoms with E-state index in [4.69, 9.17) is 15.2 Å². The number of nitro groups is 1. The molecular weight excluding hydrogens is 264 g/mol. The van der Waals surface area contributed by atoms with Crippen LogP contribution in [0.1, 0.15) is 5.56 Å². The molecule has 0 fully saturated rings. The molecule has 0 saturated carbocycles. The van der Waals surface area contributed by atoms with Crippen LogP contribution in [0.4, 0.5) is 11.6 Å². The molecule has 104 valence electrons. The summed E-state index contributed by atoms with van der Waals surface area (Å²) in [6.07, 6.45) is 1.01. The van der Waals surface area contributed by atoms with Crippen molar-refractivity contribution in [2.24, 2.45) is 0 Å². The number of hydrogen-bond donors (Lipinski definition) is 1. The van der Waals surface area contributed by atoms with Crippen molar-refractivity contribution >= 4 is 11.6 Å². The van der Waals surface area contributed by atoms with Gasteiger partial charge in [0.25, 0.3) is 0 Å². The number of hydrogen-bond acceptors (Lipinski definition) is 7. The molecule has 2 aromatic rings. The molecule has 1 heterocycles. The Morgan fingerprint density at radius 3 is 2.95 bits per heavy atom. The zero-order valence-corrected chi connectivity index (χ0v) is 10.6. The third kappa shape index (κ3) is 3.18. The van der Waals surface area contributed by atoms with E-state index < -0.39 is 4.92 Å². The van der Waals surface area contributed by atoms with Crippen LogP contribution in [0.3, 0.4) is 0 Å². The molecular formula is C12H12N4O4. The summed E-state index contributed by atoms with van der Waals surface area (Å²) in [6, 6.07) is 6.95. The van der Waals surface area contributed by atoms with Gasteiger partial charge in [0.2, 0.25) is 5.95 Å². The molecule has 1 aromatic heterocycles. The van der Waals surface area contributed by atoms with Crippen LogP contribution in [-0.2, 0) is 11.3 Å². The summed E-state index contributed by atoms with van der Waals surface area (Å²) in [5.41, 5.74) is 5.93. The highest BCUT2D eigenvalue weighted by atomic mass is 16.6. The average Bonchev–Trinajstić information content (AvgIpc) is 2.39. The zero-order valence-electron chi connectivity index (χ0n) is 10.6. The normalized spacial score (nSPS) is 10.2. The fraction of sp³-hybridized carbons (Fsp3) is 0.167. The van der Waals surface area contributed by atoms with Gasteiger partial charge in [-0.25, -0.2) is 4.98 Å². The topological polar surface area (TPSA) is 113 Å². The van der Waals surface area contributed by atoms with Crippen molar-refractivity contribution in [3.05, 3.63) is 46.1 Å². The average molecular weight is 276 g/mol. The molecule has 0 unspecified atom stereocenters. The molecule has 0 aliphatic carbocycles. The maximum Gasteiger partial charge on any atom is 0.349 e. The van der Waals surface area contributed by atoms with Crippen LogP contribution in [0.25, 0.3) is 0 Å². The lowest BCUT2D eigenvalue weighted by Crippen LogP contribution is -2.01. The standard InChI is InChI=1S/C12H12N4O4/c1-19-7-8-3-2-4-9(5-8)20-11-10(16(17)18)6-14-12(13)15-11/h2-6H,7H2,1H3,(H2,13,14,15). The SMILES string of the molecule is COCc1cccc(Oc2nc(N)ncc2[N+](=O)[O-])c1. The van der Waals surface area contributed by atoms with Gasteiger partial charge in [0.15, 0.2) is 0 Å². The summed E-state index contributed by atoms with van der Waals surface area (Å²) in [7, 11) is 1.57. The predicted octanol–water partition coefficient (Wildman–Crippen LogP) is 1.91. The number of anilines is 1. The minimum Gasteiger partial charge on any atom is -0.434 e. The van der Waals surface area contributed by atoms with E-state index in [1.54, 1.807) is 25.3 Å². The smallest absolute Gasteiger partial charge is 0.349 e. The first kappa shape index (κ1) is 13.7. The van der Waals surface area contributed by atoms with E-state index in [9.17, 15) is 10.1 Å². The molecule has 0 aliphatic heterocycles. The highest BCUT2D eigenvalue weighted by molar-refractivity contribution is 5.44. The first-order valence-corrected chi connectivity index (χ1v) is 5.63. The third-order valence-electron chi connectivity index (χ3n) is 2.37. The number of aromatic nitrogens is 2. The van der Waals surface area contributed by atoms with E-state index in [-0.39, 0.29) is 17.5 Å². The molecule has 0 atom stereocenters. The lowest BCUT2D eigenvalue weighted by molar-refractivity contribution is -0.386. The summed E-state index contributed by atoms with van der Waals surface area (Å²) in [5, 5.41) is 10.9. The van der Waals surface area contributed by atoms with Crippen LogP contribution in [0.5, 0.6) is 11.6 Å². The molecule has 2 N–H and O–H groups in total. The Morgan fingerprint density at radius 1 is 1.45 bits per heavy atom. The van der Waals surface area contributed by atoms with E-state index >= 15 is 0 Å². The Kier molecular flexibility index (Phi) is 4.06.